The van der Waals surface area contributed by atoms with E-state index in [9.17, 15) is 14.9 Å². The lowest BCUT2D eigenvalue weighted by atomic mass is 10.0. The normalized spacial score (nSPS) is 10.4. The lowest BCUT2D eigenvalue weighted by Crippen LogP contribution is -2.06. The number of benzene rings is 1. The molecule has 0 aliphatic rings. The third kappa shape index (κ3) is 3.84. The molecule has 5 nitrogen and oxygen atoms in total. The van der Waals surface area contributed by atoms with Crippen molar-refractivity contribution in [3.8, 4) is 5.75 Å². The zero-order valence-electron chi connectivity index (χ0n) is 10.8. The van der Waals surface area contributed by atoms with Crippen molar-refractivity contribution in [2.45, 2.75) is 26.7 Å². The summed E-state index contributed by atoms with van der Waals surface area (Å²) in [6, 6.07) is 4.52. The number of hydrogen-bond acceptors (Lipinski definition) is 4. The van der Waals surface area contributed by atoms with Gasteiger partial charge in [0.25, 0.3) is 0 Å². The summed E-state index contributed by atoms with van der Waals surface area (Å²) in [7, 11) is 1.38. The number of nitrogens with zero attached hydrogens (tertiary/aromatic N) is 1. The number of hydrogen-bond donors (Lipinski definition) is 0. The van der Waals surface area contributed by atoms with Gasteiger partial charge in [-0.1, -0.05) is 19.9 Å². The van der Waals surface area contributed by atoms with E-state index in [-0.39, 0.29) is 23.6 Å². The van der Waals surface area contributed by atoms with E-state index in [1.54, 1.807) is 12.1 Å². The van der Waals surface area contributed by atoms with Gasteiger partial charge >= 0.3 is 5.69 Å². The lowest BCUT2D eigenvalue weighted by molar-refractivity contribution is -0.385. The summed E-state index contributed by atoms with van der Waals surface area (Å²) in [5.74, 6) is 0.633. The number of Topliss-reactive ketones (excluding diaryl/α,β-unsaturated/α-hetero) is 1. The number of nitro benzene ring substituents is 1. The first-order valence-electron chi connectivity index (χ1n) is 5.77. The lowest BCUT2D eigenvalue weighted by Gasteiger charge is -2.06. The molecule has 0 bridgehead atoms. The zero-order chi connectivity index (χ0) is 13.7. The second-order valence-corrected chi connectivity index (χ2v) is 4.58. The number of ether oxygens (including phenoxy) is 1. The Kier molecular flexibility index (Phi) is 4.83. The Labute approximate surface area is 106 Å². The third-order valence-corrected chi connectivity index (χ3v) is 2.48. The van der Waals surface area contributed by atoms with E-state index in [0.29, 0.717) is 12.3 Å². The minimum absolute atomic E-state index is 0.0856. The van der Waals surface area contributed by atoms with Gasteiger partial charge in [-0.05, 0) is 17.5 Å². The van der Waals surface area contributed by atoms with Crippen LogP contribution in [0.2, 0.25) is 0 Å². The Hall–Kier alpha value is -1.91. The highest BCUT2D eigenvalue weighted by molar-refractivity contribution is 5.81. The highest BCUT2D eigenvalue weighted by atomic mass is 16.6. The van der Waals surface area contributed by atoms with Gasteiger partial charge in [-0.3, -0.25) is 14.9 Å². The number of nitro groups is 1. The monoisotopic (exact) mass is 251 g/mol. The van der Waals surface area contributed by atoms with Crippen LogP contribution in [0.4, 0.5) is 5.69 Å². The molecule has 0 fully saturated rings. The molecule has 0 radical (unpaired) electrons. The molecule has 0 saturated carbocycles. The van der Waals surface area contributed by atoms with E-state index >= 15 is 0 Å². The van der Waals surface area contributed by atoms with Gasteiger partial charge in [-0.25, -0.2) is 0 Å². The maximum absolute atomic E-state index is 11.7. The third-order valence-electron chi connectivity index (χ3n) is 2.48. The standard InChI is InChI=1S/C13H17NO4/c1-9(2)6-11(15)7-10-4-5-12(14(16)17)13(8-10)18-3/h4-5,8-9H,6-7H2,1-3H3. The van der Waals surface area contributed by atoms with Crippen molar-refractivity contribution in [2.75, 3.05) is 7.11 Å². The number of carbonyl (C=O) groups excluding carboxylic acids is 1. The van der Waals surface area contributed by atoms with Crippen molar-refractivity contribution in [3.63, 3.8) is 0 Å². The maximum atomic E-state index is 11.7. The summed E-state index contributed by atoms with van der Waals surface area (Å²) in [5.41, 5.74) is 0.653. The molecular weight excluding hydrogens is 234 g/mol. The van der Waals surface area contributed by atoms with Crippen LogP contribution >= 0.6 is 0 Å². The van der Waals surface area contributed by atoms with Gasteiger partial charge in [-0.2, -0.15) is 0 Å². The van der Waals surface area contributed by atoms with Gasteiger partial charge in [0.1, 0.15) is 5.78 Å². The van der Waals surface area contributed by atoms with Crippen LogP contribution in [-0.2, 0) is 11.2 Å². The molecule has 0 heterocycles. The van der Waals surface area contributed by atoms with E-state index in [1.807, 2.05) is 13.8 Å². The molecule has 0 atom stereocenters. The smallest absolute Gasteiger partial charge is 0.310 e. The summed E-state index contributed by atoms with van der Waals surface area (Å²) in [4.78, 5) is 21.9. The molecule has 0 unspecified atom stereocenters. The van der Waals surface area contributed by atoms with Crippen molar-refractivity contribution >= 4 is 11.5 Å². The largest absolute Gasteiger partial charge is 0.490 e. The second kappa shape index (κ2) is 6.14. The topological polar surface area (TPSA) is 69.4 Å². The van der Waals surface area contributed by atoms with Gasteiger partial charge in [-0.15, -0.1) is 0 Å². The van der Waals surface area contributed by atoms with Gasteiger partial charge in [0.15, 0.2) is 5.75 Å². The fraction of sp³-hybridized carbons (Fsp3) is 0.462. The van der Waals surface area contributed by atoms with Crippen LogP contribution in [0.1, 0.15) is 25.8 Å². The van der Waals surface area contributed by atoms with Gasteiger partial charge in [0, 0.05) is 18.9 Å². The molecule has 0 aliphatic heterocycles. The van der Waals surface area contributed by atoms with E-state index in [1.165, 1.54) is 13.2 Å². The van der Waals surface area contributed by atoms with Gasteiger partial charge in [0.2, 0.25) is 0 Å². The van der Waals surface area contributed by atoms with Gasteiger partial charge in [0.05, 0.1) is 12.0 Å². The Morgan fingerprint density at radius 1 is 1.44 bits per heavy atom. The van der Waals surface area contributed by atoms with E-state index in [0.717, 1.165) is 5.56 Å². The summed E-state index contributed by atoms with van der Waals surface area (Å²) in [6.45, 7) is 3.96. The van der Waals surface area contributed by atoms with Gasteiger partial charge < -0.3 is 4.74 Å². The molecule has 0 spiro atoms. The van der Waals surface area contributed by atoms with Crippen LogP contribution in [0.3, 0.4) is 0 Å². The number of rotatable bonds is 6. The molecule has 0 amide bonds. The Balaban J connectivity index is 2.86. The van der Waals surface area contributed by atoms with E-state index in [4.69, 9.17) is 4.74 Å². The minimum Gasteiger partial charge on any atom is -0.490 e. The molecule has 1 aromatic rings. The zero-order valence-corrected chi connectivity index (χ0v) is 10.8. The van der Waals surface area contributed by atoms with Crippen molar-refractivity contribution < 1.29 is 14.5 Å². The van der Waals surface area contributed by atoms with Crippen molar-refractivity contribution in [2.24, 2.45) is 5.92 Å². The van der Waals surface area contributed by atoms with Crippen molar-refractivity contribution in [3.05, 3.63) is 33.9 Å². The van der Waals surface area contributed by atoms with Crippen LogP contribution in [0.15, 0.2) is 18.2 Å². The Morgan fingerprint density at radius 2 is 2.11 bits per heavy atom. The Morgan fingerprint density at radius 3 is 2.61 bits per heavy atom. The first-order chi connectivity index (χ1) is 8.43. The summed E-state index contributed by atoms with van der Waals surface area (Å²) < 4.78 is 4.96. The molecular formula is C13H17NO4. The van der Waals surface area contributed by atoms with Crippen molar-refractivity contribution in [1.82, 2.24) is 0 Å². The first-order valence-corrected chi connectivity index (χ1v) is 5.77. The fourth-order valence-electron chi connectivity index (χ4n) is 1.74. The second-order valence-electron chi connectivity index (χ2n) is 4.58. The minimum atomic E-state index is -0.501. The fourth-order valence-corrected chi connectivity index (χ4v) is 1.74. The van der Waals surface area contributed by atoms with E-state index in [2.05, 4.69) is 0 Å². The highest BCUT2D eigenvalue weighted by Crippen LogP contribution is 2.27. The summed E-state index contributed by atoms with van der Waals surface area (Å²) in [5, 5.41) is 10.7. The Bertz CT molecular complexity index is 454. The molecule has 0 N–H and O–H groups in total. The SMILES string of the molecule is COc1cc(CC(=O)CC(C)C)ccc1[N+](=O)[O-]. The maximum Gasteiger partial charge on any atom is 0.310 e. The summed E-state index contributed by atoms with van der Waals surface area (Å²) >= 11 is 0. The quantitative estimate of drug-likeness (QED) is 0.575. The van der Waals surface area contributed by atoms with Crippen LogP contribution in [0, 0.1) is 16.0 Å². The summed E-state index contributed by atoms with van der Waals surface area (Å²) in [6.07, 6.45) is 0.797. The van der Waals surface area contributed by atoms with Crippen LogP contribution in [0.5, 0.6) is 5.75 Å². The number of ketones is 1. The number of methoxy groups -OCH3 is 1. The van der Waals surface area contributed by atoms with Crippen LogP contribution in [-0.4, -0.2) is 17.8 Å². The van der Waals surface area contributed by atoms with Crippen molar-refractivity contribution in [1.29, 1.82) is 0 Å². The predicted molar refractivity (Wildman–Crippen MR) is 67.8 cm³/mol. The highest BCUT2D eigenvalue weighted by Gasteiger charge is 2.15. The average molecular weight is 251 g/mol. The van der Waals surface area contributed by atoms with Crippen LogP contribution in [0.25, 0.3) is 0 Å². The molecule has 0 saturated heterocycles. The molecule has 1 aromatic carbocycles. The van der Waals surface area contributed by atoms with E-state index < -0.39 is 4.92 Å². The molecule has 98 valence electrons. The predicted octanol–water partition coefficient (Wildman–Crippen LogP) is 2.76. The average Bonchev–Trinajstić information content (AvgIpc) is 2.27. The molecule has 0 aromatic heterocycles. The molecule has 5 heteroatoms. The molecule has 1 rings (SSSR count). The first kappa shape index (κ1) is 14.2. The van der Waals surface area contributed by atoms with Crippen LogP contribution < -0.4 is 4.74 Å². The molecule has 0 aliphatic carbocycles. The number of carbonyl (C=O) groups is 1. The molecule has 18 heavy (non-hydrogen) atoms.